The molecule has 0 spiro atoms. The molecule has 1 saturated heterocycles. The Kier molecular flexibility index (Phi) is 5.25. The minimum atomic E-state index is -0.814. The molecule has 0 aromatic carbocycles. The van der Waals surface area contributed by atoms with Gasteiger partial charge in [0.05, 0.1) is 24.0 Å². The zero-order valence-electron chi connectivity index (χ0n) is 13.1. The van der Waals surface area contributed by atoms with Gasteiger partial charge in [-0.25, -0.2) is 0 Å². The Morgan fingerprint density at radius 1 is 1.29 bits per heavy atom. The molecule has 21 heavy (non-hydrogen) atoms. The number of carbonyl (C=O) groups is 2. The Hall–Kier alpha value is -1.10. The predicted molar refractivity (Wildman–Crippen MR) is 79.0 cm³/mol. The third-order valence-electron chi connectivity index (χ3n) is 5.24. The SMILES string of the molecule is CCC1OCCC1C(=O)N(C)C1(CC(=O)O)CCCCC1. The summed E-state index contributed by atoms with van der Waals surface area (Å²) in [4.78, 5) is 25.9. The Morgan fingerprint density at radius 3 is 2.52 bits per heavy atom. The van der Waals surface area contributed by atoms with Gasteiger partial charge in [0.1, 0.15) is 0 Å². The maximum Gasteiger partial charge on any atom is 0.305 e. The molecular weight excluding hydrogens is 270 g/mol. The molecule has 1 aliphatic heterocycles. The lowest BCUT2D eigenvalue weighted by atomic mass is 9.77. The van der Waals surface area contributed by atoms with Crippen LogP contribution in [-0.4, -0.2) is 47.2 Å². The van der Waals surface area contributed by atoms with Crippen LogP contribution < -0.4 is 0 Å². The molecule has 0 radical (unpaired) electrons. The first-order valence-corrected chi connectivity index (χ1v) is 8.11. The van der Waals surface area contributed by atoms with E-state index in [0.29, 0.717) is 6.61 Å². The summed E-state index contributed by atoms with van der Waals surface area (Å²) in [6, 6.07) is 0. The van der Waals surface area contributed by atoms with Crippen molar-refractivity contribution < 1.29 is 19.4 Å². The van der Waals surface area contributed by atoms with Crippen molar-refractivity contribution in [3.8, 4) is 0 Å². The summed E-state index contributed by atoms with van der Waals surface area (Å²) in [6.07, 6.45) is 6.36. The van der Waals surface area contributed by atoms with Crippen molar-refractivity contribution >= 4 is 11.9 Å². The lowest BCUT2D eigenvalue weighted by molar-refractivity contribution is -0.149. The molecular formula is C16H27NO4. The lowest BCUT2D eigenvalue weighted by Crippen LogP contribution is -2.54. The van der Waals surface area contributed by atoms with Gasteiger partial charge in [0.15, 0.2) is 0 Å². The van der Waals surface area contributed by atoms with Crippen molar-refractivity contribution in [1.82, 2.24) is 4.90 Å². The molecule has 2 atom stereocenters. The van der Waals surface area contributed by atoms with Gasteiger partial charge in [-0.15, -0.1) is 0 Å². The molecule has 0 bridgehead atoms. The fourth-order valence-corrected chi connectivity index (χ4v) is 3.94. The van der Waals surface area contributed by atoms with Crippen LogP contribution in [0.25, 0.3) is 0 Å². The van der Waals surface area contributed by atoms with Gasteiger partial charge in [0.25, 0.3) is 0 Å². The third kappa shape index (κ3) is 3.39. The van der Waals surface area contributed by atoms with Crippen LogP contribution in [0.1, 0.15) is 58.3 Å². The van der Waals surface area contributed by atoms with Crippen LogP contribution in [0.4, 0.5) is 0 Å². The average molecular weight is 297 g/mol. The second-order valence-electron chi connectivity index (χ2n) is 6.47. The van der Waals surface area contributed by atoms with Gasteiger partial charge in [-0.1, -0.05) is 26.2 Å². The molecule has 5 nitrogen and oxygen atoms in total. The topological polar surface area (TPSA) is 66.8 Å². The summed E-state index contributed by atoms with van der Waals surface area (Å²) >= 11 is 0. The zero-order valence-corrected chi connectivity index (χ0v) is 13.1. The van der Waals surface area contributed by atoms with Crippen LogP contribution >= 0.6 is 0 Å². The second kappa shape index (κ2) is 6.77. The Morgan fingerprint density at radius 2 is 1.95 bits per heavy atom. The van der Waals surface area contributed by atoms with Gasteiger partial charge in [-0.3, -0.25) is 9.59 Å². The summed E-state index contributed by atoms with van der Waals surface area (Å²) in [5.41, 5.74) is -0.498. The summed E-state index contributed by atoms with van der Waals surface area (Å²) in [7, 11) is 1.79. The van der Waals surface area contributed by atoms with E-state index in [1.54, 1.807) is 11.9 Å². The fraction of sp³-hybridized carbons (Fsp3) is 0.875. The van der Waals surface area contributed by atoms with Crippen molar-refractivity contribution in [2.45, 2.75) is 69.9 Å². The van der Waals surface area contributed by atoms with Crippen LogP contribution in [0.2, 0.25) is 0 Å². The minimum Gasteiger partial charge on any atom is -0.481 e. The number of hydrogen-bond donors (Lipinski definition) is 1. The monoisotopic (exact) mass is 297 g/mol. The first kappa shape index (κ1) is 16.3. The Bertz CT molecular complexity index is 390. The van der Waals surface area contributed by atoms with E-state index in [1.165, 1.54) is 0 Å². The van der Waals surface area contributed by atoms with Crippen molar-refractivity contribution in [2.75, 3.05) is 13.7 Å². The quantitative estimate of drug-likeness (QED) is 0.846. The van der Waals surface area contributed by atoms with Gasteiger partial charge in [-0.05, 0) is 25.7 Å². The molecule has 5 heteroatoms. The molecule has 2 fully saturated rings. The number of hydrogen-bond acceptors (Lipinski definition) is 3. The largest absolute Gasteiger partial charge is 0.481 e. The molecule has 1 aliphatic carbocycles. The molecule has 1 saturated carbocycles. The highest BCUT2D eigenvalue weighted by Gasteiger charge is 2.44. The highest BCUT2D eigenvalue weighted by atomic mass is 16.5. The molecule has 1 amide bonds. The van der Waals surface area contributed by atoms with E-state index in [2.05, 4.69) is 0 Å². The highest BCUT2D eigenvalue weighted by Crippen LogP contribution is 2.38. The number of nitrogens with zero attached hydrogens (tertiary/aromatic N) is 1. The summed E-state index contributed by atoms with van der Waals surface area (Å²) in [5.74, 6) is -0.846. The Balaban J connectivity index is 2.15. The number of aliphatic carboxylic acids is 1. The first-order valence-electron chi connectivity index (χ1n) is 8.11. The van der Waals surface area contributed by atoms with Crippen LogP contribution in [-0.2, 0) is 14.3 Å². The molecule has 0 aromatic rings. The number of amides is 1. The molecule has 2 aliphatic rings. The van der Waals surface area contributed by atoms with Gasteiger partial charge < -0.3 is 14.7 Å². The number of ether oxygens (including phenoxy) is 1. The third-order valence-corrected chi connectivity index (χ3v) is 5.24. The van der Waals surface area contributed by atoms with E-state index >= 15 is 0 Å². The molecule has 0 aromatic heterocycles. The molecule has 1 N–H and O–H groups in total. The Labute approximate surface area is 126 Å². The normalized spacial score (nSPS) is 28.3. The number of carbonyl (C=O) groups excluding carboxylic acids is 1. The second-order valence-corrected chi connectivity index (χ2v) is 6.47. The van der Waals surface area contributed by atoms with E-state index in [1.807, 2.05) is 6.92 Å². The lowest BCUT2D eigenvalue weighted by Gasteiger charge is -2.45. The van der Waals surface area contributed by atoms with Crippen molar-refractivity contribution in [3.63, 3.8) is 0 Å². The molecule has 2 unspecified atom stereocenters. The van der Waals surface area contributed by atoms with Crippen molar-refractivity contribution in [3.05, 3.63) is 0 Å². The fourth-order valence-electron chi connectivity index (χ4n) is 3.94. The zero-order chi connectivity index (χ0) is 15.5. The number of rotatable bonds is 5. The van der Waals surface area contributed by atoms with E-state index in [9.17, 15) is 14.7 Å². The standard InChI is InChI=1S/C16H27NO4/c1-3-13-12(7-10-21-13)15(20)17(2)16(11-14(18)19)8-5-4-6-9-16/h12-13H,3-11H2,1-2H3,(H,18,19). The number of carboxylic acids is 1. The predicted octanol–water partition coefficient (Wildman–Crippen LogP) is 2.44. The maximum atomic E-state index is 12.9. The van der Waals surface area contributed by atoms with E-state index < -0.39 is 11.5 Å². The van der Waals surface area contributed by atoms with Crippen LogP contribution in [0.5, 0.6) is 0 Å². The molecule has 2 rings (SSSR count). The smallest absolute Gasteiger partial charge is 0.305 e. The summed E-state index contributed by atoms with van der Waals surface area (Å²) in [6.45, 7) is 2.67. The van der Waals surface area contributed by atoms with Crippen LogP contribution in [0.15, 0.2) is 0 Å². The van der Waals surface area contributed by atoms with Gasteiger partial charge >= 0.3 is 5.97 Å². The van der Waals surface area contributed by atoms with Gasteiger partial charge in [0.2, 0.25) is 5.91 Å². The van der Waals surface area contributed by atoms with Crippen molar-refractivity contribution in [2.24, 2.45) is 5.92 Å². The highest BCUT2D eigenvalue weighted by molar-refractivity contribution is 5.81. The maximum absolute atomic E-state index is 12.9. The van der Waals surface area contributed by atoms with Gasteiger partial charge in [0, 0.05) is 13.7 Å². The summed E-state index contributed by atoms with van der Waals surface area (Å²) < 4.78 is 5.62. The van der Waals surface area contributed by atoms with Crippen LogP contribution in [0, 0.1) is 5.92 Å². The van der Waals surface area contributed by atoms with Crippen molar-refractivity contribution in [1.29, 1.82) is 0 Å². The van der Waals surface area contributed by atoms with E-state index in [4.69, 9.17) is 4.74 Å². The molecule has 120 valence electrons. The minimum absolute atomic E-state index is 0.00887. The first-order chi connectivity index (χ1) is 10.00. The van der Waals surface area contributed by atoms with E-state index in [-0.39, 0.29) is 24.3 Å². The van der Waals surface area contributed by atoms with Crippen LogP contribution in [0.3, 0.4) is 0 Å². The average Bonchev–Trinajstić information content (AvgIpc) is 2.94. The molecule has 1 heterocycles. The van der Waals surface area contributed by atoms with Gasteiger partial charge in [-0.2, -0.15) is 0 Å². The van der Waals surface area contributed by atoms with E-state index in [0.717, 1.165) is 44.9 Å². The number of carboxylic acid groups (broad SMARTS) is 1. The summed E-state index contributed by atoms with van der Waals surface area (Å²) in [5, 5.41) is 9.26.